The average Bonchev–Trinajstić information content (AvgIpc) is 2.93. The molecule has 5 rings (SSSR count). The number of hydrogen-bond acceptors (Lipinski definition) is 10. The van der Waals surface area contributed by atoms with Crippen LogP contribution in [0.5, 0.6) is 11.5 Å². The second-order valence-corrected chi connectivity index (χ2v) is 9.87. The lowest BCUT2D eigenvalue weighted by molar-refractivity contribution is -0.155. The van der Waals surface area contributed by atoms with Crippen LogP contribution in [0.2, 0.25) is 0 Å². The summed E-state index contributed by atoms with van der Waals surface area (Å²) in [7, 11) is 7.00. The number of ketones is 2. The lowest BCUT2D eigenvalue weighted by atomic mass is 9.71. The maximum absolute atomic E-state index is 12.9. The van der Waals surface area contributed by atoms with E-state index in [0.29, 0.717) is 30.4 Å². The van der Waals surface area contributed by atoms with E-state index in [9.17, 15) is 24.6 Å². The van der Waals surface area contributed by atoms with Crippen molar-refractivity contribution in [3.8, 4) is 11.5 Å². The number of aliphatic hydroxyl groups is 2. The van der Waals surface area contributed by atoms with Crippen molar-refractivity contribution in [2.45, 2.75) is 57.3 Å². The molecule has 40 heavy (non-hydrogen) atoms. The van der Waals surface area contributed by atoms with Crippen LogP contribution in [0.4, 0.5) is 0 Å². The fraction of sp³-hybridized carbons (Fsp3) is 0.500. The van der Waals surface area contributed by atoms with Gasteiger partial charge in [0.1, 0.15) is 17.8 Å². The molecular weight excluding hydrogens is 518 g/mol. The van der Waals surface area contributed by atoms with Crippen LogP contribution in [0.25, 0.3) is 0 Å². The number of carbonyl (C=O) groups excluding carboxylic acids is 3. The maximum Gasteiger partial charge on any atom is 0.201 e. The van der Waals surface area contributed by atoms with Crippen LogP contribution in [0.3, 0.4) is 0 Å². The Morgan fingerprint density at radius 1 is 1.02 bits per heavy atom. The molecule has 1 fully saturated rings. The second-order valence-electron chi connectivity index (χ2n) is 9.87. The third-order valence-electron chi connectivity index (χ3n) is 6.96. The van der Waals surface area contributed by atoms with Crippen molar-refractivity contribution in [3.63, 3.8) is 0 Å². The Labute approximate surface area is 234 Å². The van der Waals surface area contributed by atoms with Crippen molar-refractivity contribution >= 4 is 17.9 Å². The van der Waals surface area contributed by atoms with E-state index >= 15 is 0 Å². The van der Waals surface area contributed by atoms with Gasteiger partial charge in [0.25, 0.3) is 0 Å². The number of carbonyl (C=O) groups is 3. The molecule has 220 valence electrons. The molecule has 0 bridgehead atoms. The molecule has 5 N–H and O–H groups in total. The molecule has 1 aliphatic heterocycles. The molecule has 10 heteroatoms. The van der Waals surface area contributed by atoms with Crippen LogP contribution in [0.15, 0.2) is 24.3 Å². The van der Waals surface area contributed by atoms with E-state index in [0.717, 1.165) is 19.1 Å². The lowest BCUT2D eigenvalue weighted by Gasteiger charge is -2.32. The molecule has 0 aromatic heterocycles. The Kier molecular flexibility index (Phi) is 12.9. The zero-order valence-electron chi connectivity index (χ0n) is 23.8. The van der Waals surface area contributed by atoms with Gasteiger partial charge < -0.3 is 40.0 Å². The molecule has 0 amide bonds. The topological polar surface area (TPSA) is 163 Å². The summed E-state index contributed by atoms with van der Waals surface area (Å²) in [6.07, 6.45) is 3.19. The molecule has 0 spiro atoms. The first kappa shape index (κ1) is 33.1. The maximum atomic E-state index is 12.9. The quantitative estimate of drug-likeness (QED) is 0.295. The molecule has 1 saturated heterocycles. The third kappa shape index (κ3) is 7.32. The van der Waals surface area contributed by atoms with Crippen molar-refractivity contribution in [1.82, 2.24) is 5.32 Å². The largest absolute Gasteiger partial charge is 0.507 e. The monoisotopic (exact) mass is 559 g/mol. The highest BCUT2D eigenvalue weighted by Crippen LogP contribution is 2.46. The van der Waals surface area contributed by atoms with Crippen LogP contribution in [-0.2, 0) is 20.7 Å². The summed E-state index contributed by atoms with van der Waals surface area (Å²) in [6.45, 7) is 2.29. The molecule has 4 atom stereocenters. The van der Waals surface area contributed by atoms with E-state index in [1.54, 1.807) is 20.3 Å². The molecule has 1 heterocycles. The summed E-state index contributed by atoms with van der Waals surface area (Å²) in [4.78, 5) is 37.5. The molecule has 0 saturated carbocycles. The van der Waals surface area contributed by atoms with Crippen molar-refractivity contribution in [1.29, 1.82) is 0 Å². The van der Waals surface area contributed by atoms with E-state index < -0.39 is 23.8 Å². The molecule has 10 nitrogen and oxygen atoms in total. The number of benzene rings is 2. The minimum Gasteiger partial charge on any atom is -0.507 e. The van der Waals surface area contributed by atoms with Gasteiger partial charge in [0.05, 0.1) is 23.8 Å². The van der Waals surface area contributed by atoms with E-state index in [2.05, 4.69) is 10.1 Å². The van der Waals surface area contributed by atoms with Crippen LogP contribution in [0.1, 0.15) is 81.5 Å². The van der Waals surface area contributed by atoms with Crippen molar-refractivity contribution in [3.05, 3.63) is 57.6 Å². The molecule has 0 radical (unpaired) electrons. The number of aromatic hydroxyl groups is 2. The second kappa shape index (κ2) is 15.6. The SMILES string of the molecule is CCC1CCc2c(cc3c(c2O)C(=O)c2c(O)cccc2C3=O)C1C=O.CNC.COC.OC1CCC(O)OC1. The van der Waals surface area contributed by atoms with Gasteiger partial charge in [0.15, 0.2) is 12.1 Å². The highest BCUT2D eigenvalue weighted by molar-refractivity contribution is 6.30. The Morgan fingerprint density at radius 3 is 2.20 bits per heavy atom. The predicted molar refractivity (Wildman–Crippen MR) is 149 cm³/mol. The number of phenolic OH excluding ortho intramolecular Hbond substituents is 2. The zero-order chi connectivity index (χ0) is 30.0. The van der Waals surface area contributed by atoms with E-state index in [1.165, 1.54) is 18.2 Å². The first-order valence-corrected chi connectivity index (χ1v) is 13.3. The number of hydrogen-bond donors (Lipinski definition) is 5. The van der Waals surface area contributed by atoms with Gasteiger partial charge in [-0.15, -0.1) is 0 Å². The molecule has 2 aromatic carbocycles. The standard InChI is InChI=1S/C21H18O5.C5H10O3.C2H7N.C2H6O/c1-2-10-6-7-11-13(15(10)9-22)8-14-18(20(11)25)21(26)17-12(19(14)24)4-3-5-16(17)23;6-4-1-2-5(7)8-3-4;2*1-3-2/h3-5,8-10,15,23,25H,2,6-7H2,1H3;4-7H,1-3H2;3H,1-2H3;1-2H3. The third-order valence-corrected chi connectivity index (χ3v) is 6.96. The highest BCUT2D eigenvalue weighted by atomic mass is 16.6. The zero-order valence-corrected chi connectivity index (χ0v) is 23.8. The summed E-state index contributed by atoms with van der Waals surface area (Å²) in [5, 5.41) is 41.1. The van der Waals surface area contributed by atoms with E-state index in [1.807, 2.05) is 21.0 Å². The van der Waals surface area contributed by atoms with E-state index in [4.69, 9.17) is 14.9 Å². The van der Waals surface area contributed by atoms with Crippen molar-refractivity contribution < 1.29 is 44.3 Å². The Bertz CT molecular complexity index is 1160. The molecule has 2 aromatic rings. The Hall–Kier alpha value is -3.15. The lowest BCUT2D eigenvalue weighted by Crippen LogP contribution is -2.28. The Balaban J connectivity index is 0.000000332. The normalized spacial score (nSPS) is 22.5. The van der Waals surface area contributed by atoms with Gasteiger partial charge in [-0.05, 0) is 62.5 Å². The number of phenols is 2. The van der Waals surface area contributed by atoms with Gasteiger partial charge in [-0.1, -0.05) is 25.5 Å². The number of nitrogens with one attached hydrogen (secondary N) is 1. The molecule has 4 unspecified atom stereocenters. The molecule has 3 aliphatic rings. The summed E-state index contributed by atoms with van der Waals surface area (Å²) >= 11 is 0. The van der Waals surface area contributed by atoms with Gasteiger partial charge >= 0.3 is 0 Å². The van der Waals surface area contributed by atoms with Crippen LogP contribution < -0.4 is 5.32 Å². The minimum atomic E-state index is -0.640. The van der Waals surface area contributed by atoms with Crippen LogP contribution in [0, 0.1) is 5.92 Å². The first-order chi connectivity index (χ1) is 19.1. The Morgan fingerprint density at radius 2 is 1.68 bits per heavy atom. The van der Waals surface area contributed by atoms with Crippen molar-refractivity contribution in [2.75, 3.05) is 34.9 Å². The van der Waals surface area contributed by atoms with Gasteiger partial charge in [0, 0.05) is 37.7 Å². The number of methoxy groups -OCH3 is 1. The summed E-state index contributed by atoms with van der Waals surface area (Å²) in [5.74, 6) is -1.73. The molecule has 2 aliphatic carbocycles. The smallest absolute Gasteiger partial charge is 0.201 e. The minimum absolute atomic E-state index is 0.0673. The van der Waals surface area contributed by atoms with Gasteiger partial charge in [-0.25, -0.2) is 0 Å². The number of fused-ring (bicyclic) bond motifs is 3. The fourth-order valence-corrected chi connectivity index (χ4v) is 5.07. The highest BCUT2D eigenvalue weighted by Gasteiger charge is 2.39. The first-order valence-electron chi connectivity index (χ1n) is 13.3. The van der Waals surface area contributed by atoms with Crippen molar-refractivity contribution in [2.24, 2.45) is 5.92 Å². The summed E-state index contributed by atoms with van der Waals surface area (Å²) in [5.41, 5.74) is 1.28. The van der Waals surface area contributed by atoms with Gasteiger partial charge in [-0.3, -0.25) is 9.59 Å². The van der Waals surface area contributed by atoms with Gasteiger partial charge in [0.2, 0.25) is 5.78 Å². The van der Waals surface area contributed by atoms with Crippen LogP contribution in [-0.4, -0.2) is 85.6 Å². The predicted octanol–water partition coefficient (Wildman–Crippen LogP) is 2.70. The number of aliphatic hydroxyl groups excluding tert-OH is 2. The number of rotatable bonds is 2. The van der Waals surface area contributed by atoms with Crippen LogP contribution >= 0.6 is 0 Å². The van der Waals surface area contributed by atoms with E-state index in [-0.39, 0.29) is 52.4 Å². The number of aldehydes is 1. The summed E-state index contributed by atoms with van der Waals surface area (Å²) < 4.78 is 8.95. The fourth-order valence-electron chi connectivity index (χ4n) is 5.07. The molecular formula is C30H41NO9. The average molecular weight is 560 g/mol. The summed E-state index contributed by atoms with van der Waals surface area (Å²) in [6, 6.07) is 5.93. The van der Waals surface area contributed by atoms with Gasteiger partial charge in [-0.2, -0.15) is 0 Å². The number of ether oxygens (including phenoxy) is 2.